The summed E-state index contributed by atoms with van der Waals surface area (Å²) in [6.07, 6.45) is 0.807. The predicted octanol–water partition coefficient (Wildman–Crippen LogP) is 4.74. The van der Waals surface area contributed by atoms with Gasteiger partial charge < -0.3 is 14.8 Å². The summed E-state index contributed by atoms with van der Waals surface area (Å²) in [7, 11) is 1.57. The number of nitrogens with one attached hydrogen (secondary N) is 1. The van der Waals surface area contributed by atoms with Crippen LogP contribution in [0.1, 0.15) is 42.2 Å². The molecule has 128 valence electrons. The largest absolute Gasteiger partial charge is 0.493 e. The lowest BCUT2D eigenvalue weighted by Gasteiger charge is -2.18. The molecule has 24 heavy (non-hydrogen) atoms. The number of hydrogen-bond donors (Lipinski definition) is 1. The first-order chi connectivity index (χ1) is 11.6. The second-order valence-corrected chi connectivity index (χ2v) is 6.20. The molecule has 1 atom stereocenters. The van der Waals surface area contributed by atoms with Gasteiger partial charge >= 0.3 is 0 Å². The van der Waals surface area contributed by atoms with Crippen molar-refractivity contribution in [1.29, 1.82) is 0 Å². The van der Waals surface area contributed by atoms with Gasteiger partial charge in [-0.1, -0.05) is 35.0 Å². The third-order valence-electron chi connectivity index (χ3n) is 3.71. The van der Waals surface area contributed by atoms with Crippen LogP contribution in [-0.4, -0.2) is 19.6 Å². The Morgan fingerprint density at radius 2 is 1.83 bits per heavy atom. The molecule has 0 bridgehead atoms. The van der Waals surface area contributed by atoms with Gasteiger partial charge in [0.2, 0.25) is 0 Å². The summed E-state index contributed by atoms with van der Waals surface area (Å²) in [6, 6.07) is 13.1. The molecule has 4 nitrogen and oxygen atoms in total. The van der Waals surface area contributed by atoms with Crippen LogP contribution in [0.4, 0.5) is 0 Å². The van der Waals surface area contributed by atoms with Crippen LogP contribution >= 0.6 is 15.9 Å². The summed E-state index contributed by atoms with van der Waals surface area (Å²) in [5.74, 6) is 1.06. The van der Waals surface area contributed by atoms with E-state index in [1.54, 1.807) is 25.3 Å². The van der Waals surface area contributed by atoms with Crippen molar-refractivity contribution >= 4 is 21.8 Å². The minimum absolute atomic E-state index is 0.0387. The van der Waals surface area contributed by atoms with E-state index in [4.69, 9.17) is 9.47 Å². The van der Waals surface area contributed by atoms with E-state index in [1.807, 2.05) is 38.1 Å². The Morgan fingerprint density at radius 3 is 2.42 bits per heavy atom. The highest BCUT2D eigenvalue weighted by Crippen LogP contribution is 2.28. The third kappa shape index (κ3) is 4.51. The Labute approximate surface area is 151 Å². The number of carbonyl (C=O) groups excluding carboxylic acids is 1. The Bertz CT molecular complexity index is 686. The predicted molar refractivity (Wildman–Crippen MR) is 98.8 cm³/mol. The Kier molecular flexibility index (Phi) is 6.67. The molecule has 0 radical (unpaired) electrons. The number of ether oxygens (including phenoxy) is 2. The number of amides is 1. The van der Waals surface area contributed by atoms with Gasteiger partial charge in [0, 0.05) is 10.0 Å². The maximum atomic E-state index is 12.6. The first-order valence-electron chi connectivity index (χ1n) is 7.96. The average molecular weight is 392 g/mol. The minimum Gasteiger partial charge on any atom is -0.493 e. The average Bonchev–Trinajstić information content (AvgIpc) is 2.61. The van der Waals surface area contributed by atoms with Crippen molar-refractivity contribution in [3.63, 3.8) is 0 Å². The summed E-state index contributed by atoms with van der Waals surface area (Å²) in [5.41, 5.74) is 1.62. The summed E-state index contributed by atoms with van der Waals surface area (Å²) in [6.45, 7) is 4.50. The topological polar surface area (TPSA) is 47.6 Å². The lowest BCUT2D eigenvalue weighted by atomic mass is 10.0. The van der Waals surface area contributed by atoms with Crippen LogP contribution in [0.2, 0.25) is 0 Å². The molecule has 0 spiro atoms. The zero-order valence-electron chi connectivity index (χ0n) is 14.1. The van der Waals surface area contributed by atoms with E-state index >= 15 is 0 Å². The summed E-state index contributed by atoms with van der Waals surface area (Å²) in [4.78, 5) is 12.6. The first-order valence-corrected chi connectivity index (χ1v) is 8.75. The number of benzene rings is 2. The summed E-state index contributed by atoms with van der Waals surface area (Å²) >= 11 is 3.43. The monoisotopic (exact) mass is 391 g/mol. The molecule has 2 rings (SSSR count). The Balaban J connectivity index is 2.17. The number of hydrogen-bond acceptors (Lipinski definition) is 3. The van der Waals surface area contributed by atoms with Crippen molar-refractivity contribution in [3.8, 4) is 11.5 Å². The second-order valence-electron chi connectivity index (χ2n) is 5.28. The van der Waals surface area contributed by atoms with Gasteiger partial charge in [0.05, 0.1) is 19.8 Å². The van der Waals surface area contributed by atoms with Gasteiger partial charge in [0.15, 0.2) is 11.5 Å². The molecule has 0 fully saturated rings. The number of halogens is 1. The van der Waals surface area contributed by atoms with Gasteiger partial charge in [-0.3, -0.25) is 4.79 Å². The molecule has 0 saturated carbocycles. The second kappa shape index (κ2) is 8.73. The smallest absolute Gasteiger partial charge is 0.251 e. The van der Waals surface area contributed by atoms with Crippen LogP contribution in [0.3, 0.4) is 0 Å². The van der Waals surface area contributed by atoms with Gasteiger partial charge in [-0.15, -0.1) is 0 Å². The quantitative estimate of drug-likeness (QED) is 0.741. The van der Waals surface area contributed by atoms with Crippen LogP contribution in [0.5, 0.6) is 11.5 Å². The van der Waals surface area contributed by atoms with Crippen molar-refractivity contribution in [2.45, 2.75) is 26.3 Å². The van der Waals surface area contributed by atoms with Gasteiger partial charge in [0.1, 0.15) is 0 Å². The highest BCUT2D eigenvalue weighted by atomic mass is 79.9. The van der Waals surface area contributed by atoms with E-state index < -0.39 is 0 Å². The standard InChI is InChI=1S/C19H22BrNO3/c1-4-16(13-6-9-15(20)10-7-13)21-19(22)14-8-11-17(24-5-2)18(12-14)23-3/h6-12,16H,4-5H2,1-3H3,(H,21,22). The van der Waals surface area contributed by atoms with Gasteiger partial charge in [-0.05, 0) is 49.2 Å². The molecule has 1 unspecified atom stereocenters. The molecule has 0 saturated heterocycles. The number of carbonyl (C=O) groups is 1. The van der Waals surface area contributed by atoms with Crippen LogP contribution in [0.15, 0.2) is 46.9 Å². The molecule has 0 aromatic heterocycles. The zero-order chi connectivity index (χ0) is 17.5. The van der Waals surface area contributed by atoms with E-state index in [0.717, 1.165) is 16.5 Å². The van der Waals surface area contributed by atoms with Crippen molar-refractivity contribution in [1.82, 2.24) is 5.32 Å². The van der Waals surface area contributed by atoms with E-state index in [-0.39, 0.29) is 11.9 Å². The van der Waals surface area contributed by atoms with Crippen molar-refractivity contribution < 1.29 is 14.3 Å². The molecule has 0 aliphatic carbocycles. The molecular formula is C19H22BrNO3. The fourth-order valence-electron chi connectivity index (χ4n) is 2.44. The zero-order valence-corrected chi connectivity index (χ0v) is 15.7. The lowest BCUT2D eigenvalue weighted by Crippen LogP contribution is -2.28. The Hall–Kier alpha value is -2.01. The molecular weight excluding hydrogens is 370 g/mol. The van der Waals surface area contributed by atoms with Crippen molar-refractivity contribution in [2.24, 2.45) is 0 Å². The molecule has 0 aliphatic rings. The Morgan fingerprint density at radius 1 is 1.12 bits per heavy atom. The normalized spacial score (nSPS) is 11.7. The van der Waals surface area contributed by atoms with Gasteiger partial charge in [-0.25, -0.2) is 0 Å². The third-order valence-corrected chi connectivity index (χ3v) is 4.24. The van der Waals surface area contributed by atoms with Crippen LogP contribution in [0, 0.1) is 0 Å². The van der Waals surface area contributed by atoms with Crippen molar-refractivity contribution in [2.75, 3.05) is 13.7 Å². The van der Waals surface area contributed by atoms with Crippen LogP contribution < -0.4 is 14.8 Å². The fraction of sp³-hybridized carbons (Fsp3) is 0.316. The van der Waals surface area contributed by atoms with E-state index in [2.05, 4.69) is 21.2 Å². The van der Waals surface area contributed by atoms with E-state index in [1.165, 1.54) is 0 Å². The molecule has 1 amide bonds. The molecule has 2 aromatic rings. The summed E-state index contributed by atoms with van der Waals surface area (Å²) in [5, 5.41) is 3.07. The fourth-order valence-corrected chi connectivity index (χ4v) is 2.71. The SMILES string of the molecule is CCOc1ccc(C(=O)NC(CC)c2ccc(Br)cc2)cc1OC. The number of methoxy groups -OCH3 is 1. The summed E-state index contributed by atoms with van der Waals surface area (Å²) < 4.78 is 11.8. The molecule has 2 aromatic carbocycles. The van der Waals surface area contributed by atoms with Gasteiger partial charge in [-0.2, -0.15) is 0 Å². The maximum Gasteiger partial charge on any atom is 0.251 e. The van der Waals surface area contributed by atoms with Crippen LogP contribution in [-0.2, 0) is 0 Å². The lowest BCUT2D eigenvalue weighted by molar-refractivity contribution is 0.0935. The van der Waals surface area contributed by atoms with Crippen molar-refractivity contribution in [3.05, 3.63) is 58.1 Å². The molecule has 0 heterocycles. The highest BCUT2D eigenvalue weighted by molar-refractivity contribution is 9.10. The maximum absolute atomic E-state index is 12.6. The van der Waals surface area contributed by atoms with E-state index in [9.17, 15) is 4.79 Å². The molecule has 5 heteroatoms. The van der Waals surface area contributed by atoms with Crippen LogP contribution in [0.25, 0.3) is 0 Å². The minimum atomic E-state index is -0.133. The highest BCUT2D eigenvalue weighted by Gasteiger charge is 2.16. The molecule has 1 N–H and O–H groups in total. The van der Waals surface area contributed by atoms with E-state index in [0.29, 0.717) is 23.7 Å². The number of rotatable bonds is 7. The first kappa shape index (κ1) is 18.3. The molecule has 0 aliphatic heterocycles. The van der Waals surface area contributed by atoms with Gasteiger partial charge in [0.25, 0.3) is 5.91 Å².